The zero-order valence-electron chi connectivity index (χ0n) is 16.4. The molecule has 2 N–H and O–H groups in total. The molecule has 30 heavy (non-hydrogen) atoms. The van der Waals surface area contributed by atoms with Crippen molar-refractivity contribution in [1.82, 2.24) is 18.7 Å². The van der Waals surface area contributed by atoms with Gasteiger partial charge in [-0.1, -0.05) is 12.1 Å². The van der Waals surface area contributed by atoms with Gasteiger partial charge in [0.1, 0.15) is 5.52 Å². The summed E-state index contributed by atoms with van der Waals surface area (Å²) in [5, 5.41) is 10.1. The first-order valence-corrected chi connectivity index (χ1v) is 12.5. The monoisotopic (exact) mass is 451 g/mol. The van der Waals surface area contributed by atoms with E-state index >= 15 is 0 Å². The van der Waals surface area contributed by atoms with Gasteiger partial charge in [-0.05, 0) is 29.7 Å². The molecule has 160 valence electrons. The largest absolute Gasteiger partial charge is 0.342 e. The number of hydrogen-bond donors (Lipinski definition) is 1. The first-order chi connectivity index (χ1) is 14.0. The van der Waals surface area contributed by atoms with Crippen LogP contribution in [0.1, 0.15) is 16.8 Å². The molecule has 0 saturated carbocycles. The van der Waals surface area contributed by atoms with Crippen LogP contribution in [0.15, 0.2) is 40.2 Å². The Labute approximate surface area is 173 Å². The van der Waals surface area contributed by atoms with Crippen molar-refractivity contribution >= 4 is 30.9 Å². The highest BCUT2D eigenvalue weighted by Crippen LogP contribution is 2.28. The number of aromatic nitrogens is 3. The van der Waals surface area contributed by atoms with E-state index in [-0.39, 0.29) is 23.5 Å². The predicted molar refractivity (Wildman–Crippen MR) is 111 cm³/mol. The summed E-state index contributed by atoms with van der Waals surface area (Å²) in [6.07, 6.45) is 3.28. The number of benzene rings is 1. The second-order valence-electron chi connectivity index (χ2n) is 7.39. The normalized spacial score (nSPS) is 15.4. The number of rotatable bonds is 4. The summed E-state index contributed by atoms with van der Waals surface area (Å²) >= 11 is 0. The molecule has 0 unspecified atom stereocenters. The van der Waals surface area contributed by atoms with Crippen molar-refractivity contribution in [2.24, 2.45) is 12.2 Å². The van der Waals surface area contributed by atoms with E-state index in [1.165, 1.54) is 27.4 Å². The van der Waals surface area contributed by atoms with Crippen LogP contribution in [0.3, 0.4) is 0 Å². The molecule has 12 heteroatoms. The van der Waals surface area contributed by atoms with Crippen molar-refractivity contribution in [2.45, 2.75) is 24.4 Å². The van der Waals surface area contributed by atoms with E-state index in [9.17, 15) is 21.6 Å². The average molecular weight is 452 g/mol. The fourth-order valence-electron chi connectivity index (χ4n) is 3.87. The number of nitrogens with two attached hydrogens (primary N) is 1. The maximum absolute atomic E-state index is 13.1. The molecular weight excluding hydrogens is 430 g/mol. The van der Waals surface area contributed by atoms with Crippen LogP contribution in [-0.4, -0.2) is 48.3 Å². The molecule has 1 aliphatic heterocycles. The van der Waals surface area contributed by atoms with Gasteiger partial charge in [-0.25, -0.2) is 26.7 Å². The Morgan fingerprint density at radius 2 is 1.93 bits per heavy atom. The Morgan fingerprint density at radius 1 is 1.20 bits per heavy atom. The minimum atomic E-state index is -3.85. The summed E-state index contributed by atoms with van der Waals surface area (Å²) in [5.41, 5.74) is 2.37. The van der Waals surface area contributed by atoms with Crippen molar-refractivity contribution in [2.75, 3.05) is 12.8 Å². The molecule has 0 bridgehead atoms. The molecule has 3 heterocycles. The maximum Gasteiger partial charge on any atom is 0.291 e. The van der Waals surface area contributed by atoms with Gasteiger partial charge in [0, 0.05) is 24.7 Å². The van der Waals surface area contributed by atoms with Gasteiger partial charge in [0.2, 0.25) is 20.0 Å². The van der Waals surface area contributed by atoms with Gasteiger partial charge in [0.15, 0.2) is 0 Å². The standard InChI is InChI=1S/C18H21N5O5S2/c1-21-16-11-22(29(2,25)26)7-6-14(16)15-9-20-23(18(24)17(15)21)10-12-4-3-5-13(8-12)30(19,27)28/h3-5,8-9H,6-7,10-11H2,1-2H3,(H2,19,27,28). The molecule has 0 aliphatic carbocycles. The summed E-state index contributed by atoms with van der Waals surface area (Å²) in [6.45, 7) is 0.632. The van der Waals surface area contributed by atoms with Crippen molar-refractivity contribution in [1.29, 1.82) is 0 Å². The van der Waals surface area contributed by atoms with E-state index in [1.807, 2.05) is 0 Å². The van der Waals surface area contributed by atoms with Crippen LogP contribution in [-0.2, 0) is 46.6 Å². The lowest BCUT2D eigenvalue weighted by Gasteiger charge is -2.25. The zero-order valence-corrected chi connectivity index (χ0v) is 18.1. The Kier molecular flexibility index (Phi) is 4.84. The van der Waals surface area contributed by atoms with Crippen LogP contribution in [0.25, 0.3) is 10.9 Å². The average Bonchev–Trinajstić information content (AvgIpc) is 2.95. The molecule has 1 aliphatic rings. The van der Waals surface area contributed by atoms with E-state index in [0.717, 1.165) is 11.3 Å². The van der Waals surface area contributed by atoms with E-state index in [2.05, 4.69) is 5.10 Å². The molecule has 10 nitrogen and oxygen atoms in total. The highest BCUT2D eigenvalue weighted by atomic mass is 32.2. The van der Waals surface area contributed by atoms with Crippen molar-refractivity contribution in [3.05, 3.63) is 57.6 Å². The third-order valence-corrected chi connectivity index (χ3v) is 7.56. The van der Waals surface area contributed by atoms with Crippen molar-refractivity contribution in [3.63, 3.8) is 0 Å². The van der Waals surface area contributed by atoms with E-state index in [1.54, 1.807) is 29.9 Å². The first kappa shape index (κ1) is 20.7. The Hall–Kier alpha value is -2.54. The Balaban J connectivity index is 1.78. The SMILES string of the molecule is Cn1c2c(c3cnn(Cc4cccc(S(N)(=O)=O)c4)c(=O)c31)CCN(S(C)(=O)=O)C2. The Morgan fingerprint density at radius 3 is 2.60 bits per heavy atom. The number of fused-ring (bicyclic) bond motifs is 3. The van der Waals surface area contributed by atoms with Gasteiger partial charge in [-0.3, -0.25) is 4.79 Å². The highest BCUT2D eigenvalue weighted by Gasteiger charge is 2.28. The van der Waals surface area contributed by atoms with Gasteiger partial charge in [0.05, 0.1) is 30.4 Å². The Bertz CT molecular complexity index is 1440. The van der Waals surface area contributed by atoms with Crippen molar-refractivity contribution < 1.29 is 16.8 Å². The molecule has 0 radical (unpaired) electrons. The van der Waals surface area contributed by atoms with Gasteiger partial charge in [0.25, 0.3) is 5.56 Å². The minimum absolute atomic E-state index is 0.0377. The summed E-state index contributed by atoms with van der Waals surface area (Å²) in [6, 6.07) is 6.04. The lowest BCUT2D eigenvalue weighted by atomic mass is 10.1. The molecular formula is C18H21N5O5S2. The number of aryl methyl sites for hydroxylation is 1. The van der Waals surface area contributed by atoms with Gasteiger partial charge >= 0.3 is 0 Å². The minimum Gasteiger partial charge on any atom is -0.342 e. The molecule has 1 aromatic carbocycles. The van der Waals surface area contributed by atoms with Crippen LogP contribution in [0, 0.1) is 0 Å². The van der Waals surface area contributed by atoms with Crippen LogP contribution in [0.5, 0.6) is 0 Å². The van der Waals surface area contributed by atoms with Crippen LogP contribution >= 0.6 is 0 Å². The topological polar surface area (TPSA) is 137 Å². The summed E-state index contributed by atoms with van der Waals surface area (Å²) in [7, 11) is -5.45. The smallest absolute Gasteiger partial charge is 0.291 e. The summed E-state index contributed by atoms with van der Waals surface area (Å²) < 4.78 is 51.4. The summed E-state index contributed by atoms with van der Waals surface area (Å²) in [5.74, 6) is 0. The van der Waals surface area contributed by atoms with E-state index in [4.69, 9.17) is 5.14 Å². The second kappa shape index (κ2) is 7.01. The van der Waals surface area contributed by atoms with E-state index < -0.39 is 20.0 Å². The number of sulfonamides is 2. The fourth-order valence-corrected chi connectivity index (χ4v) is 5.23. The van der Waals surface area contributed by atoms with Gasteiger partial charge < -0.3 is 4.57 Å². The maximum atomic E-state index is 13.1. The molecule has 0 fully saturated rings. The lowest BCUT2D eigenvalue weighted by Crippen LogP contribution is -2.35. The quantitative estimate of drug-likeness (QED) is 0.581. The molecule has 0 amide bonds. The molecule has 0 atom stereocenters. The number of primary sulfonamides is 1. The van der Waals surface area contributed by atoms with Crippen LogP contribution < -0.4 is 10.7 Å². The highest BCUT2D eigenvalue weighted by molar-refractivity contribution is 7.89. The van der Waals surface area contributed by atoms with Crippen LogP contribution in [0.2, 0.25) is 0 Å². The summed E-state index contributed by atoms with van der Waals surface area (Å²) in [4.78, 5) is 13.1. The van der Waals surface area contributed by atoms with E-state index in [0.29, 0.717) is 29.4 Å². The van der Waals surface area contributed by atoms with Gasteiger partial charge in [-0.2, -0.15) is 9.40 Å². The lowest BCUT2D eigenvalue weighted by molar-refractivity contribution is 0.386. The molecule has 0 saturated heterocycles. The van der Waals surface area contributed by atoms with Crippen molar-refractivity contribution in [3.8, 4) is 0 Å². The third-order valence-electron chi connectivity index (χ3n) is 5.40. The zero-order chi connectivity index (χ0) is 21.8. The number of hydrogen-bond acceptors (Lipinski definition) is 6. The number of nitrogens with zero attached hydrogens (tertiary/aromatic N) is 4. The first-order valence-electron chi connectivity index (χ1n) is 9.10. The predicted octanol–water partition coefficient (Wildman–Crippen LogP) is -0.252. The van der Waals surface area contributed by atoms with Gasteiger partial charge in [-0.15, -0.1) is 0 Å². The third kappa shape index (κ3) is 3.55. The second-order valence-corrected chi connectivity index (χ2v) is 10.9. The fraction of sp³-hybridized carbons (Fsp3) is 0.333. The van der Waals surface area contributed by atoms with Crippen LogP contribution in [0.4, 0.5) is 0 Å². The molecule has 0 spiro atoms. The molecule has 3 aromatic rings. The molecule has 2 aromatic heterocycles. The molecule has 4 rings (SSSR count).